The SMILES string of the molecule is c1ccc(-c2ccc3c(c2)c2cnccc2n3-c2ccc3c(-c4ccc5ccccc5c4)c4ccccc4c(-c4ccc5ccccc5c4)c3c2)cc1. The van der Waals surface area contributed by atoms with Gasteiger partial charge in [-0.25, -0.2) is 0 Å². The number of nitrogens with zero attached hydrogens (tertiary/aromatic N) is 2. The van der Waals surface area contributed by atoms with Gasteiger partial charge in [-0.05, 0) is 119 Å². The smallest absolute Gasteiger partial charge is 0.0571 e. The van der Waals surface area contributed by atoms with E-state index in [2.05, 4.69) is 192 Å². The molecular weight excluding hydrogens is 641 g/mol. The van der Waals surface area contributed by atoms with E-state index in [-0.39, 0.29) is 0 Å². The maximum Gasteiger partial charge on any atom is 0.0571 e. The van der Waals surface area contributed by atoms with Crippen molar-refractivity contribution >= 4 is 64.9 Å². The van der Waals surface area contributed by atoms with Crippen molar-refractivity contribution < 1.29 is 0 Å². The van der Waals surface area contributed by atoms with Gasteiger partial charge in [-0.2, -0.15) is 0 Å². The molecule has 0 atom stereocenters. The largest absolute Gasteiger partial charge is 0.309 e. The van der Waals surface area contributed by atoms with Crippen LogP contribution in [0.25, 0.3) is 104 Å². The lowest BCUT2D eigenvalue weighted by molar-refractivity contribution is 1.18. The molecule has 0 radical (unpaired) electrons. The number of rotatable bonds is 4. The summed E-state index contributed by atoms with van der Waals surface area (Å²) in [5, 5.41) is 12.3. The lowest BCUT2D eigenvalue weighted by Gasteiger charge is -2.20. The fraction of sp³-hybridized carbons (Fsp3) is 0. The fourth-order valence-corrected chi connectivity index (χ4v) is 8.57. The van der Waals surface area contributed by atoms with E-state index in [1.165, 1.54) is 81.9 Å². The molecular formula is C51H32N2. The van der Waals surface area contributed by atoms with Crippen molar-refractivity contribution in [3.8, 4) is 39.1 Å². The Balaban J connectivity index is 1.24. The van der Waals surface area contributed by atoms with Crippen LogP contribution in [0, 0.1) is 0 Å². The van der Waals surface area contributed by atoms with Crippen molar-refractivity contribution in [1.29, 1.82) is 0 Å². The highest BCUT2D eigenvalue weighted by Gasteiger charge is 2.20. The summed E-state index contributed by atoms with van der Waals surface area (Å²) in [6.45, 7) is 0. The zero-order chi connectivity index (χ0) is 34.9. The van der Waals surface area contributed by atoms with E-state index in [1.807, 2.05) is 12.4 Å². The lowest BCUT2D eigenvalue weighted by atomic mass is 9.85. The number of benzene rings is 9. The first-order valence-electron chi connectivity index (χ1n) is 18.2. The quantitative estimate of drug-likeness (QED) is 0.170. The molecule has 2 heterocycles. The normalized spacial score (nSPS) is 11.8. The molecule has 9 aromatic carbocycles. The second-order valence-electron chi connectivity index (χ2n) is 14.0. The van der Waals surface area contributed by atoms with Crippen LogP contribution in [-0.2, 0) is 0 Å². The average molecular weight is 673 g/mol. The molecule has 0 unspecified atom stereocenters. The minimum Gasteiger partial charge on any atom is -0.309 e. The van der Waals surface area contributed by atoms with Gasteiger partial charge in [-0.3, -0.25) is 4.98 Å². The van der Waals surface area contributed by atoms with Gasteiger partial charge in [0.25, 0.3) is 0 Å². The molecule has 0 aliphatic rings. The van der Waals surface area contributed by atoms with Crippen LogP contribution in [0.1, 0.15) is 0 Å². The summed E-state index contributed by atoms with van der Waals surface area (Å²) in [5.74, 6) is 0. The minimum absolute atomic E-state index is 1.12. The van der Waals surface area contributed by atoms with E-state index < -0.39 is 0 Å². The van der Waals surface area contributed by atoms with Crippen molar-refractivity contribution in [1.82, 2.24) is 9.55 Å². The first-order chi connectivity index (χ1) is 26.3. The van der Waals surface area contributed by atoms with Crippen LogP contribution in [0.15, 0.2) is 194 Å². The molecule has 0 saturated heterocycles. The Hall–Kier alpha value is -7.03. The van der Waals surface area contributed by atoms with Crippen molar-refractivity contribution in [3.05, 3.63) is 194 Å². The Morgan fingerprint density at radius 1 is 0.321 bits per heavy atom. The van der Waals surface area contributed by atoms with Gasteiger partial charge in [0.2, 0.25) is 0 Å². The Kier molecular flexibility index (Phi) is 6.59. The third-order valence-corrected chi connectivity index (χ3v) is 11.0. The molecule has 2 nitrogen and oxygen atoms in total. The highest BCUT2D eigenvalue weighted by atomic mass is 15.0. The maximum absolute atomic E-state index is 4.59. The van der Waals surface area contributed by atoms with Crippen molar-refractivity contribution in [2.75, 3.05) is 0 Å². The molecule has 0 fully saturated rings. The van der Waals surface area contributed by atoms with E-state index in [1.54, 1.807) is 0 Å². The number of hydrogen-bond donors (Lipinski definition) is 0. The summed E-state index contributed by atoms with van der Waals surface area (Å²) in [6.07, 6.45) is 3.92. The second kappa shape index (κ2) is 11.8. The molecule has 0 amide bonds. The van der Waals surface area contributed by atoms with E-state index in [0.717, 1.165) is 22.1 Å². The molecule has 2 heteroatoms. The number of pyridine rings is 1. The van der Waals surface area contributed by atoms with Crippen LogP contribution in [-0.4, -0.2) is 9.55 Å². The van der Waals surface area contributed by atoms with Crippen LogP contribution in [0.5, 0.6) is 0 Å². The molecule has 0 N–H and O–H groups in total. The lowest BCUT2D eigenvalue weighted by Crippen LogP contribution is -1.96. The highest BCUT2D eigenvalue weighted by molar-refractivity contribution is 6.22. The molecule has 0 spiro atoms. The summed E-state index contributed by atoms with van der Waals surface area (Å²) in [4.78, 5) is 4.59. The van der Waals surface area contributed by atoms with Crippen molar-refractivity contribution in [2.45, 2.75) is 0 Å². The summed E-state index contributed by atoms with van der Waals surface area (Å²) in [6, 6.07) is 66.7. The average Bonchev–Trinajstić information content (AvgIpc) is 3.56. The third kappa shape index (κ3) is 4.70. The first kappa shape index (κ1) is 29.7. The Morgan fingerprint density at radius 3 is 1.58 bits per heavy atom. The van der Waals surface area contributed by atoms with Gasteiger partial charge in [-0.15, -0.1) is 0 Å². The predicted octanol–water partition coefficient (Wildman–Crippen LogP) is 13.8. The van der Waals surface area contributed by atoms with Crippen LogP contribution < -0.4 is 0 Å². The van der Waals surface area contributed by atoms with E-state index in [9.17, 15) is 0 Å². The van der Waals surface area contributed by atoms with Crippen LogP contribution >= 0.6 is 0 Å². The Morgan fingerprint density at radius 2 is 0.887 bits per heavy atom. The van der Waals surface area contributed by atoms with Gasteiger partial charge in [0.15, 0.2) is 0 Å². The molecule has 11 aromatic rings. The van der Waals surface area contributed by atoms with Gasteiger partial charge in [0.1, 0.15) is 0 Å². The second-order valence-corrected chi connectivity index (χ2v) is 14.0. The molecule has 0 aliphatic carbocycles. The van der Waals surface area contributed by atoms with Gasteiger partial charge in [-0.1, -0.05) is 140 Å². The highest BCUT2D eigenvalue weighted by Crippen LogP contribution is 2.46. The minimum atomic E-state index is 1.12. The Labute approximate surface area is 306 Å². The van der Waals surface area contributed by atoms with Gasteiger partial charge < -0.3 is 4.57 Å². The maximum atomic E-state index is 4.59. The molecule has 0 saturated carbocycles. The third-order valence-electron chi connectivity index (χ3n) is 11.0. The predicted molar refractivity (Wildman–Crippen MR) is 225 cm³/mol. The summed E-state index contributed by atoms with van der Waals surface area (Å²) < 4.78 is 2.41. The molecule has 11 rings (SSSR count). The molecule has 53 heavy (non-hydrogen) atoms. The molecule has 0 aliphatic heterocycles. The fourth-order valence-electron chi connectivity index (χ4n) is 8.57. The summed E-state index contributed by atoms with van der Waals surface area (Å²) in [5.41, 5.74) is 10.8. The summed E-state index contributed by atoms with van der Waals surface area (Å²) >= 11 is 0. The monoisotopic (exact) mass is 672 g/mol. The number of aromatic nitrogens is 2. The topological polar surface area (TPSA) is 17.8 Å². The molecule has 2 aromatic heterocycles. The van der Waals surface area contributed by atoms with Crippen LogP contribution in [0.3, 0.4) is 0 Å². The molecule has 0 bridgehead atoms. The van der Waals surface area contributed by atoms with Gasteiger partial charge in [0.05, 0.1) is 11.0 Å². The van der Waals surface area contributed by atoms with Crippen molar-refractivity contribution in [3.63, 3.8) is 0 Å². The summed E-state index contributed by atoms with van der Waals surface area (Å²) in [7, 11) is 0. The van der Waals surface area contributed by atoms with Crippen molar-refractivity contribution in [2.24, 2.45) is 0 Å². The zero-order valence-electron chi connectivity index (χ0n) is 28.9. The van der Waals surface area contributed by atoms with Crippen LogP contribution in [0.2, 0.25) is 0 Å². The van der Waals surface area contributed by atoms with Crippen LogP contribution in [0.4, 0.5) is 0 Å². The Bertz CT molecular complexity index is 3220. The van der Waals surface area contributed by atoms with E-state index in [4.69, 9.17) is 0 Å². The van der Waals surface area contributed by atoms with Gasteiger partial charge >= 0.3 is 0 Å². The number of fused-ring (bicyclic) bond motifs is 7. The molecule has 246 valence electrons. The van der Waals surface area contributed by atoms with Gasteiger partial charge in [0, 0.05) is 28.9 Å². The van der Waals surface area contributed by atoms with E-state index >= 15 is 0 Å². The number of hydrogen-bond acceptors (Lipinski definition) is 1. The first-order valence-corrected chi connectivity index (χ1v) is 18.2. The van der Waals surface area contributed by atoms with E-state index in [0.29, 0.717) is 0 Å². The zero-order valence-corrected chi connectivity index (χ0v) is 28.9. The standard InChI is InChI=1S/C51H32N2/c1-2-10-33(11-3-1)38-22-25-48-45(30-38)47-32-52-27-26-49(47)53(48)41-23-24-44-46(31-41)51(40-21-19-35-13-5-7-15-37(35)29-40)43-17-9-8-16-42(43)50(44)39-20-18-34-12-4-6-14-36(34)28-39/h1-32H.